The standard InChI is InChI=1S/C20H18O4/c1-22-16-5-7-17(8-6-16)23-12-15-11-20(21)24-19-10-14-4-2-3-13(14)9-18(15)19/h5-11H,2-4,12H2,1H3. The van der Waals surface area contributed by atoms with Gasteiger partial charge in [0, 0.05) is 17.0 Å². The van der Waals surface area contributed by atoms with Gasteiger partial charge in [0.15, 0.2) is 0 Å². The molecule has 1 aliphatic rings. The maximum atomic E-state index is 11.9. The highest BCUT2D eigenvalue weighted by atomic mass is 16.5. The molecule has 2 aromatic carbocycles. The Balaban J connectivity index is 1.66. The van der Waals surface area contributed by atoms with Crippen LogP contribution in [0.1, 0.15) is 23.1 Å². The molecule has 0 bridgehead atoms. The fraction of sp³-hybridized carbons (Fsp3) is 0.250. The van der Waals surface area contributed by atoms with E-state index in [1.54, 1.807) is 7.11 Å². The van der Waals surface area contributed by atoms with Crippen molar-refractivity contribution in [3.8, 4) is 11.5 Å². The Hall–Kier alpha value is -2.75. The third-order valence-electron chi connectivity index (χ3n) is 4.50. The van der Waals surface area contributed by atoms with E-state index in [9.17, 15) is 4.79 Å². The summed E-state index contributed by atoms with van der Waals surface area (Å²) in [4.78, 5) is 11.9. The number of hydrogen-bond donors (Lipinski definition) is 0. The number of methoxy groups -OCH3 is 1. The molecule has 24 heavy (non-hydrogen) atoms. The first kappa shape index (κ1) is 14.8. The highest BCUT2D eigenvalue weighted by Gasteiger charge is 2.15. The van der Waals surface area contributed by atoms with Crippen LogP contribution in [0.4, 0.5) is 0 Å². The van der Waals surface area contributed by atoms with E-state index < -0.39 is 0 Å². The van der Waals surface area contributed by atoms with E-state index in [0.717, 1.165) is 41.7 Å². The van der Waals surface area contributed by atoms with Crippen molar-refractivity contribution >= 4 is 11.0 Å². The summed E-state index contributed by atoms with van der Waals surface area (Å²) in [5.74, 6) is 1.52. The second-order valence-corrected chi connectivity index (χ2v) is 6.03. The second kappa shape index (κ2) is 6.04. The Morgan fingerprint density at radius 1 is 1.00 bits per heavy atom. The van der Waals surface area contributed by atoms with Gasteiger partial charge in [0.2, 0.25) is 0 Å². The lowest BCUT2D eigenvalue weighted by Gasteiger charge is -2.10. The zero-order valence-corrected chi connectivity index (χ0v) is 13.5. The Morgan fingerprint density at radius 3 is 2.46 bits per heavy atom. The van der Waals surface area contributed by atoms with Crippen LogP contribution in [-0.4, -0.2) is 7.11 Å². The Morgan fingerprint density at radius 2 is 1.71 bits per heavy atom. The maximum absolute atomic E-state index is 11.9. The van der Waals surface area contributed by atoms with Crippen molar-refractivity contribution < 1.29 is 13.9 Å². The molecular weight excluding hydrogens is 304 g/mol. The molecule has 0 spiro atoms. The molecule has 0 aliphatic heterocycles. The molecule has 0 saturated heterocycles. The molecule has 1 aliphatic carbocycles. The van der Waals surface area contributed by atoms with Crippen LogP contribution in [0.3, 0.4) is 0 Å². The lowest BCUT2D eigenvalue weighted by Crippen LogP contribution is -2.04. The number of fused-ring (bicyclic) bond motifs is 2. The minimum Gasteiger partial charge on any atom is -0.497 e. The van der Waals surface area contributed by atoms with Gasteiger partial charge in [0.25, 0.3) is 0 Å². The molecule has 4 heteroatoms. The van der Waals surface area contributed by atoms with Gasteiger partial charge in [-0.3, -0.25) is 0 Å². The molecule has 0 N–H and O–H groups in total. The number of hydrogen-bond acceptors (Lipinski definition) is 4. The molecule has 1 aromatic heterocycles. The molecule has 0 atom stereocenters. The Labute approximate surface area is 139 Å². The molecule has 3 aromatic rings. The summed E-state index contributed by atoms with van der Waals surface area (Å²) in [5, 5.41) is 0.962. The topological polar surface area (TPSA) is 48.7 Å². The van der Waals surface area contributed by atoms with Crippen molar-refractivity contribution in [3.05, 3.63) is 69.6 Å². The van der Waals surface area contributed by atoms with E-state index in [-0.39, 0.29) is 5.63 Å². The lowest BCUT2D eigenvalue weighted by atomic mass is 10.0. The summed E-state index contributed by atoms with van der Waals surface area (Å²) in [6.45, 7) is 0.327. The first-order valence-electron chi connectivity index (χ1n) is 8.08. The van der Waals surface area contributed by atoms with Crippen molar-refractivity contribution in [2.24, 2.45) is 0 Å². The van der Waals surface area contributed by atoms with E-state index in [2.05, 4.69) is 6.07 Å². The van der Waals surface area contributed by atoms with Crippen molar-refractivity contribution in [1.29, 1.82) is 0 Å². The molecule has 0 amide bonds. The third-order valence-corrected chi connectivity index (χ3v) is 4.50. The van der Waals surface area contributed by atoms with Gasteiger partial charge < -0.3 is 13.9 Å². The summed E-state index contributed by atoms with van der Waals surface area (Å²) in [5.41, 5.74) is 3.80. The smallest absolute Gasteiger partial charge is 0.336 e. The van der Waals surface area contributed by atoms with Gasteiger partial charge in [0.1, 0.15) is 23.7 Å². The predicted octanol–water partition coefficient (Wildman–Crippen LogP) is 3.87. The summed E-state index contributed by atoms with van der Waals surface area (Å²) in [7, 11) is 1.63. The SMILES string of the molecule is COc1ccc(OCc2cc(=O)oc3cc4c(cc23)CCC4)cc1. The molecule has 1 heterocycles. The first-order valence-corrected chi connectivity index (χ1v) is 8.08. The number of benzene rings is 2. The van der Waals surface area contributed by atoms with Crippen LogP contribution in [0.25, 0.3) is 11.0 Å². The minimum absolute atomic E-state index is 0.327. The van der Waals surface area contributed by atoms with E-state index in [4.69, 9.17) is 13.9 Å². The van der Waals surface area contributed by atoms with Crippen molar-refractivity contribution in [1.82, 2.24) is 0 Å². The van der Waals surface area contributed by atoms with Crippen LogP contribution < -0.4 is 15.1 Å². The average Bonchev–Trinajstić information content (AvgIpc) is 3.05. The molecule has 0 saturated carbocycles. The van der Waals surface area contributed by atoms with Crippen LogP contribution in [0, 0.1) is 0 Å². The second-order valence-electron chi connectivity index (χ2n) is 6.03. The van der Waals surface area contributed by atoms with E-state index in [1.807, 2.05) is 30.3 Å². The lowest BCUT2D eigenvalue weighted by molar-refractivity contribution is 0.306. The van der Waals surface area contributed by atoms with Crippen molar-refractivity contribution in [3.63, 3.8) is 0 Å². The van der Waals surface area contributed by atoms with Gasteiger partial charge in [-0.05, 0) is 66.8 Å². The summed E-state index contributed by atoms with van der Waals surface area (Å²) < 4.78 is 16.4. The summed E-state index contributed by atoms with van der Waals surface area (Å²) in [6.07, 6.45) is 3.30. The summed E-state index contributed by atoms with van der Waals surface area (Å²) >= 11 is 0. The fourth-order valence-electron chi connectivity index (χ4n) is 3.25. The Bertz CT molecular complexity index is 938. The normalized spacial score (nSPS) is 13.0. The van der Waals surface area contributed by atoms with Crippen LogP contribution >= 0.6 is 0 Å². The van der Waals surface area contributed by atoms with Crippen molar-refractivity contribution in [2.75, 3.05) is 7.11 Å². The van der Waals surface area contributed by atoms with E-state index in [0.29, 0.717) is 12.2 Å². The first-order chi connectivity index (χ1) is 11.7. The molecule has 0 radical (unpaired) electrons. The number of rotatable bonds is 4. The molecule has 4 rings (SSSR count). The molecule has 0 unspecified atom stereocenters. The molecular formula is C20H18O4. The predicted molar refractivity (Wildman–Crippen MR) is 91.8 cm³/mol. The van der Waals surface area contributed by atoms with E-state index in [1.165, 1.54) is 17.2 Å². The van der Waals surface area contributed by atoms with Gasteiger partial charge in [-0.15, -0.1) is 0 Å². The summed E-state index contributed by atoms with van der Waals surface area (Å²) in [6, 6.07) is 13.1. The zero-order valence-electron chi connectivity index (χ0n) is 13.5. The average molecular weight is 322 g/mol. The highest BCUT2D eigenvalue weighted by molar-refractivity contribution is 5.82. The maximum Gasteiger partial charge on any atom is 0.336 e. The van der Waals surface area contributed by atoms with Gasteiger partial charge in [-0.2, -0.15) is 0 Å². The van der Waals surface area contributed by atoms with Gasteiger partial charge >= 0.3 is 5.63 Å². The van der Waals surface area contributed by atoms with Crippen LogP contribution in [0.2, 0.25) is 0 Å². The van der Waals surface area contributed by atoms with Gasteiger partial charge in [-0.25, -0.2) is 4.79 Å². The van der Waals surface area contributed by atoms with Gasteiger partial charge in [0.05, 0.1) is 7.11 Å². The third kappa shape index (κ3) is 2.75. The Kier molecular flexibility index (Phi) is 3.73. The van der Waals surface area contributed by atoms with Gasteiger partial charge in [-0.1, -0.05) is 0 Å². The van der Waals surface area contributed by atoms with Crippen molar-refractivity contribution in [2.45, 2.75) is 25.9 Å². The quantitative estimate of drug-likeness (QED) is 0.684. The van der Waals surface area contributed by atoms with Crippen LogP contribution in [0.15, 0.2) is 51.7 Å². The number of aryl methyl sites for hydroxylation is 2. The fourth-order valence-corrected chi connectivity index (χ4v) is 3.25. The highest BCUT2D eigenvalue weighted by Crippen LogP contribution is 2.29. The largest absolute Gasteiger partial charge is 0.497 e. The van der Waals surface area contributed by atoms with Crippen LogP contribution in [0.5, 0.6) is 11.5 Å². The minimum atomic E-state index is -0.339. The molecule has 122 valence electrons. The monoisotopic (exact) mass is 322 g/mol. The number of ether oxygens (including phenoxy) is 2. The van der Waals surface area contributed by atoms with E-state index >= 15 is 0 Å². The molecule has 0 fully saturated rings. The van der Waals surface area contributed by atoms with Crippen LogP contribution in [-0.2, 0) is 19.4 Å². The zero-order chi connectivity index (χ0) is 16.5. The molecule has 4 nitrogen and oxygen atoms in total.